The second-order valence-electron chi connectivity index (χ2n) is 11.9. The number of allylic oxidation sites excluding steroid dienone is 4. The average Bonchev–Trinajstić information content (AvgIpc) is 2.75. The molecule has 4 nitrogen and oxygen atoms in total. The molecule has 3 fully saturated rings. The van der Waals surface area contributed by atoms with E-state index in [2.05, 4.69) is 33.8 Å². The molecule has 0 aromatic heterocycles. The van der Waals surface area contributed by atoms with E-state index in [1.54, 1.807) is 0 Å². The highest BCUT2D eigenvalue weighted by molar-refractivity contribution is 6.45. The minimum Gasteiger partial charge on any atom is -0.469 e. The van der Waals surface area contributed by atoms with E-state index in [1.165, 1.54) is 18.8 Å². The summed E-state index contributed by atoms with van der Waals surface area (Å²) in [6.07, 6.45) is 9.33. The van der Waals surface area contributed by atoms with E-state index < -0.39 is 5.41 Å². The lowest BCUT2D eigenvalue weighted by atomic mass is 9.33. The number of hydrogen-bond acceptors (Lipinski definition) is 4. The van der Waals surface area contributed by atoms with Crippen LogP contribution in [-0.2, 0) is 19.1 Å². The van der Waals surface area contributed by atoms with Crippen LogP contribution >= 0.6 is 11.6 Å². The number of hydrogen-bond donors (Lipinski definition) is 0. The van der Waals surface area contributed by atoms with Crippen molar-refractivity contribution < 1.29 is 19.1 Å². The van der Waals surface area contributed by atoms with Gasteiger partial charge in [-0.3, -0.25) is 14.4 Å². The quantitative estimate of drug-likeness (QED) is 0.405. The summed E-state index contributed by atoms with van der Waals surface area (Å²) in [4.78, 5) is 39.7. The summed E-state index contributed by atoms with van der Waals surface area (Å²) in [6, 6.07) is 0. The first kappa shape index (κ1) is 22.4. The fourth-order valence-corrected chi connectivity index (χ4v) is 9.52. The lowest BCUT2D eigenvalue weighted by Crippen LogP contribution is -2.67. The first-order chi connectivity index (χ1) is 15.0. The van der Waals surface area contributed by atoms with Gasteiger partial charge in [0.05, 0.1) is 17.6 Å². The van der Waals surface area contributed by atoms with E-state index in [-0.39, 0.29) is 63.0 Å². The molecular formula is C27H35ClO4. The summed E-state index contributed by atoms with van der Waals surface area (Å²) in [5, 5.41) is 0.103. The van der Waals surface area contributed by atoms with Gasteiger partial charge < -0.3 is 4.74 Å². The third kappa shape index (κ3) is 2.59. The van der Waals surface area contributed by atoms with Crippen LogP contribution in [0.5, 0.6) is 0 Å². The number of carbonyl (C=O) groups is 3. The first-order valence-electron chi connectivity index (χ1n) is 12.3. The van der Waals surface area contributed by atoms with E-state index in [1.807, 2.05) is 0 Å². The van der Waals surface area contributed by atoms with Crippen molar-refractivity contribution in [1.82, 2.24) is 0 Å². The summed E-state index contributed by atoms with van der Waals surface area (Å²) >= 11 is 6.33. The molecule has 0 aromatic carbocycles. The molecule has 3 saturated carbocycles. The Kier molecular flexibility index (Phi) is 4.92. The molecule has 0 unspecified atom stereocenters. The Balaban J connectivity index is 1.67. The fourth-order valence-electron chi connectivity index (χ4n) is 9.29. The first-order valence-corrected chi connectivity index (χ1v) is 12.7. The van der Waals surface area contributed by atoms with Crippen molar-refractivity contribution in [2.75, 3.05) is 7.11 Å². The van der Waals surface area contributed by atoms with Crippen LogP contribution in [-0.4, -0.2) is 24.6 Å². The molecule has 5 heteroatoms. The van der Waals surface area contributed by atoms with Crippen LogP contribution < -0.4 is 0 Å². The molecule has 6 aliphatic rings. The minimum absolute atomic E-state index is 0.0315. The van der Waals surface area contributed by atoms with Crippen molar-refractivity contribution in [3.8, 4) is 0 Å². The second-order valence-corrected chi connectivity index (χ2v) is 12.3. The van der Waals surface area contributed by atoms with Gasteiger partial charge in [-0.25, -0.2) is 0 Å². The number of ether oxygens (including phenoxy) is 1. The van der Waals surface area contributed by atoms with Gasteiger partial charge >= 0.3 is 5.97 Å². The largest absolute Gasteiger partial charge is 0.469 e. The number of fused-ring (bicyclic) bond motifs is 1. The zero-order chi connectivity index (χ0) is 23.2. The lowest BCUT2D eigenvalue weighted by molar-refractivity contribution is -0.199. The standard InChI is InChI=1S/C27H35ClO4/c1-14(2)16-13-27-10-7-19-25(3,8-6-9-26(19,4)24(31)32-5)20(27)11-15(16)21-18(29)12-17(28)23(30)22(21)27/h12-15,19-22H,6-11H2,1-5H3/t15-,19-,20-,21-,22+,25-,26+,27+/m0/s1. The third-order valence-corrected chi connectivity index (χ3v) is 10.7. The number of ketones is 2. The lowest BCUT2D eigenvalue weighted by Gasteiger charge is -2.69. The monoisotopic (exact) mass is 458 g/mol. The number of halogens is 1. The number of esters is 1. The number of methoxy groups -OCH3 is 1. The van der Waals surface area contributed by atoms with E-state index in [4.69, 9.17) is 16.3 Å². The topological polar surface area (TPSA) is 60.4 Å². The average molecular weight is 459 g/mol. The predicted molar refractivity (Wildman–Crippen MR) is 123 cm³/mol. The van der Waals surface area contributed by atoms with Crippen molar-refractivity contribution >= 4 is 29.1 Å². The predicted octanol–water partition coefficient (Wildman–Crippen LogP) is 5.49. The summed E-state index contributed by atoms with van der Waals surface area (Å²) in [6.45, 7) is 8.85. The maximum absolute atomic E-state index is 13.5. The summed E-state index contributed by atoms with van der Waals surface area (Å²) < 4.78 is 5.29. The molecule has 0 aliphatic heterocycles. The molecule has 0 aromatic rings. The molecule has 8 atom stereocenters. The molecule has 0 heterocycles. The van der Waals surface area contributed by atoms with Crippen LogP contribution in [0.1, 0.15) is 66.2 Å². The summed E-state index contributed by atoms with van der Waals surface area (Å²) in [5.41, 5.74) is 0.440. The maximum Gasteiger partial charge on any atom is 0.311 e. The fraction of sp³-hybridized carbons (Fsp3) is 0.741. The Morgan fingerprint density at radius 1 is 1.16 bits per heavy atom. The molecule has 32 heavy (non-hydrogen) atoms. The molecule has 6 aliphatic carbocycles. The molecule has 0 amide bonds. The van der Waals surface area contributed by atoms with Crippen molar-refractivity contribution in [1.29, 1.82) is 0 Å². The van der Waals surface area contributed by atoms with Crippen molar-refractivity contribution in [2.45, 2.75) is 66.2 Å². The van der Waals surface area contributed by atoms with E-state index in [9.17, 15) is 14.4 Å². The molecule has 0 saturated heterocycles. The zero-order valence-electron chi connectivity index (χ0n) is 19.9. The Labute approximate surface area is 196 Å². The number of rotatable bonds is 2. The highest BCUT2D eigenvalue weighted by Crippen LogP contribution is 2.74. The van der Waals surface area contributed by atoms with Crippen LogP contribution in [0.15, 0.2) is 22.8 Å². The summed E-state index contributed by atoms with van der Waals surface area (Å²) in [5.74, 6) is 0.180. The molecule has 6 rings (SSSR count). The van der Waals surface area contributed by atoms with Crippen LogP contribution in [0.4, 0.5) is 0 Å². The van der Waals surface area contributed by atoms with E-state index >= 15 is 0 Å². The highest BCUT2D eigenvalue weighted by Gasteiger charge is 2.71. The van der Waals surface area contributed by atoms with Gasteiger partial charge in [0.15, 0.2) is 11.6 Å². The minimum atomic E-state index is -0.492. The van der Waals surface area contributed by atoms with Gasteiger partial charge in [-0.05, 0) is 68.1 Å². The van der Waals surface area contributed by atoms with Crippen LogP contribution in [0.25, 0.3) is 0 Å². The SMILES string of the molecule is COC(=O)[C@]1(C)CCC[C@]2(C)[C@@H]3C[C@H]4C(C(C)C)=C[C@@]3(CC[C@@H]21)[C@H]1C(=O)C(Cl)=CC(=O)[C@H]41. The number of carbonyl (C=O) groups excluding carboxylic acids is 3. The highest BCUT2D eigenvalue weighted by atomic mass is 35.5. The van der Waals surface area contributed by atoms with Crippen molar-refractivity contribution in [3.05, 3.63) is 22.8 Å². The van der Waals surface area contributed by atoms with Gasteiger partial charge in [0, 0.05) is 23.3 Å². The molecule has 174 valence electrons. The van der Waals surface area contributed by atoms with Crippen molar-refractivity contribution in [3.63, 3.8) is 0 Å². The Hall–Kier alpha value is -1.42. The van der Waals surface area contributed by atoms with Gasteiger partial charge in [0.1, 0.15) is 0 Å². The van der Waals surface area contributed by atoms with Gasteiger partial charge in [0.25, 0.3) is 0 Å². The van der Waals surface area contributed by atoms with Crippen LogP contribution in [0.3, 0.4) is 0 Å². The molecule has 0 N–H and O–H groups in total. The Bertz CT molecular complexity index is 963. The smallest absolute Gasteiger partial charge is 0.311 e. The Morgan fingerprint density at radius 3 is 2.53 bits per heavy atom. The van der Waals surface area contributed by atoms with Gasteiger partial charge in [-0.1, -0.05) is 50.4 Å². The second kappa shape index (κ2) is 7.04. The van der Waals surface area contributed by atoms with Gasteiger partial charge in [-0.15, -0.1) is 0 Å². The van der Waals surface area contributed by atoms with Gasteiger partial charge in [0.2, 0.25) is 0 Å². The molecule has 2 bridgehead atoms. The molecule has 0 radical (unpaired) electrons. The van der Waals surface area contributed by atoms with E-state index in [0.29, 0.717) is 5.92 Å². The summed E-state index contributed by atoms with van der Waals surface area (Å²) in [7, 11) is 1.50. The van der Waals surface area contributed by atoms with Crippen LogP contribution in [0, 0.1) is 51.8 Å². The van der Waals surface area contributed by atoms with Gasteiger partial charge in [-0.2, -0.15) is 0 Å². The van der Waals surface area contributed by atoms with E-state index in [0.717, 1.165) is 38.5 Å². The third-order valence-electron chi connectivity index (χ3n) is 10.4. The zero-order valence-corrected chi connectivity index (χ0v) is 20.6. The molecular weight excluding hydrogens is 424 g/mol. The number of Topliss-reactive ketones (excluding diaryl/α,β-unsaturated/α-hetero) is 1. The normalized spacial score (nSPS) is 47.3. The molecule has 1 spiro atoms. The maximum atomic E-state index is 13.5. The Morgan fingerprint density at radius 2 is 1.88 bits per heavy atom. The van der Waals surface area contributed by atoms with Crippen molar-refractivity contribution in [2.24, 2.45) is 51.8 Å². The van der Waals surface area contributed by atoms with Crippen LogP contribution in [0.2, 0.25) is 0 Å².